The summed E-state index contributed by atoms with van der Waals surface area (Å²) in [6.45, 7) is 0. The van der Waals surface area contributed by atoms with Crippen LogP contribution in [0.3, 0.4) is 0 Å². The van der Waals surface area contributed by atoms with Crippen LogP contribution in [-0.2, 0) is 59.0 Å². The average molecular weight is 147 g/mol. The van der Waals surface area contributed by atoms with Crippen molar-refractivity contribution in [3.63, 3.8) is 0 Å². The molecule has 0 saturated heterocycles. The summed E-state index contributed by atoms with van der Waals surface area (Å²) in [5.41, 5.74) is 0. The van der Waals surface area contributed by atoms with Crippen LogP contribution in [0.5, 0.6) is 0 Å². The summed E-state index contributed by atoms with van der Waals surface area (Å²) in [5, 5.41) is 0. The van der Waals surface area contributed by atoms with E-state index in [2.05, 4.69) is 0 Å². The maximum atomic E-state index is 0. The maximum absolute atomic E-state index is 0. The summed E-state index contributed by atoms with van der Waals surface area (Å²) in [4.78, 5) is 0. The molecular formula is S3V+3. The quantitative estimate of drug-likeness (QED) is 0.452. The zero-order chi connectivity index (χ0) is 0. The molecule has 0 amide bonds. The average Bonchev–Trinajstić information content (AvgIpc) is 0. The Labute approximate surface area is 59.0 Å². The van der Waals surface area contributed by atoms with Crippen LogP contribution in [0.25, 0.3) is 0 Å². The zero-order valence-corrected chi connectivity index (χ0v) is 5.52. The van der Waals surface area contributed by atoms with Crippen LogP contribution in [-0.4, -0.2) is 0 Å². The van der Waals surface area contributed by atoms with Gasteiger partial charge in [0.2, 0.25) is 0 Å². The third-order valence-electron chi connectivity index (χ3n) is 0. The molecule has 4 heteroatoms. The molecule has 4 heavy (non-hydrogen) atoms. The first kappa shape index (κ1) is 45.3. The van der Waals surface area contributed by atoms with Gasteiger partial charge in [-0.3, -0.25) is 0 Å². The monoisotopic (exact) mass is 147 g/mol. The second-order valence-electron chi connectivity index (χ2n) is 0. The number of hydrogen-bond acceptors (Lipinski definition) is 0. The fourth-order valence-electron chi connectivity index (χ4n) is 0. The summed E-state index contributed by atoms with van der Waals surface area (Å²) >= 11 is 0. The predicted molar refractivity (Wildman–Crippen MR) is 22.1 cm³/mol. The molecule has 4 radical (unpaired) electrons. The molecule has 0 fully saturated rings. The Morgan fingerprint density at radius 3 is 0.750 bits per heavy atom. The van der Waals surface area contributed by atoms with Gasteiger partial charge in [-0.15, -0.1) is 0 Å². The molecule has 0 aromatic rings. The van der Waals surface area contributed by atoms with Gasteiger partial charge in [0.05, 0.1) is 0 Å². The van der Waals surface area contributed by atoms with Gasteiger partial charge in [0.25, 0.3) is 0 Å². The van der Waals surface area contributed by atoms with Gasteiger partial charge in [0.15, 0.2) is 0 Å². The van der Waals surface area contributed by atoms with Crippen molar-refractivity contribution in [1.29, 1.82) is 0 Å². The second-order valence-corrected chi connectivity index (χ2v) is 0. The third-order valence-corrected chi connectivity index (χ3v) is 0. The summed E-state index contributed by atoms with van der Waals surface area (Å²) in [7, 11) is 0. The molecule has 0 N–H and O–H groups in total. The van der Waals surface area contributed by atoms with Gasteiger partial charge in [0.1, 0.15) is 0 Å². The van der Waals surface area contributed by atoms with Crippen molar-refractivity contribution in [2.45, 2.75) is 0 Å². The molecule has 0 bridgehead atoms. The Bertz CT molecular complexity index is 3.25. The topological polar surface area (TPSA) is 0 Å². The van der Waals surface area contributed by atoms with E-state index in [1.54, 1.807) is 0 Å². The molecule has 0 unspecified atom stereocenters. The molecule has 0 aliphatic carbocycles. The van der Waals surface area contributed by atoms with Crippen molar-refractivity contribution in [3.05, 3.63) is 0 Å². The van der Waals surface area contributed by atoms with E-state index < -0.39 is 0 Å². The molecule has 0 saturated carbocycles. The predicted octanol–water partition coefficient (Wildman–Crippen LogP) is -0.00970. The molecule has 0 spiro atoms. The van der Waals surface area contributed by atoms with E-state index in [1.807, 2.05) is 0 Å². The van der Waals surface area contributed by atoms with Crippen molar-refractivity contribution in [1.82, 2.24) is 0 Å². The van der Waals surface area contributed by atoms with Gasteiger partial charge in [-0.2, -0.15) is 0 Å². The Morgan fingerprint density at radius 2 is 0.750 bits per heavy atom. The smallest absolute Gasteiger partial charge is 2.00 e. The third kappa shape index (κ3) is 9.44. The summed E-state index contributed by atoms with van der Waals surface area (Å²) in [5.74, 6) is 0. The van der Waals surface area contributed by atoms with E-state index in [0.29, 0.717) is 0 Å². The van der Waals surface area contributed by atoms with Crippen molar-refractivity contribution in [3.8, 4) is 0 Å². The normalized spacial score (nSPS) is 0. The van der Waals surface area contributed by atoms with E-state index >= 15 is 0 Å². The molecule has 0 nitrogen and oxygen atoms in total. The van der Waals surface area contributed by atoms with Gasteiger partial charge < -0.3 is 27.0 Å². The standard InChI is InChI=1S/3S.V/q2*-2;+2;+5. The first-order valence-electron chi connectivity index (χ1n) is 0. The summed E-state index contributed by atoms with van der Waals surface area (Å²) in [6, 6.07) is 0. The molecule has 0 rings (SSSR count). The minimum absolute atomic E-state index is 0. The molecular weight excluding hydrogens is 147 g/mol. The van der Waals surface area contributed by atoms with Crippen LogP contribution >= 0.6 is 0 Å². The van der Waals surface area contributed by atoms with Gasteiger partial charge in [-0.1, -0.05) is 0 Å². The van der Waals surface area contributed by atoms with Crippen LogP contribution in [0.2, 0.25) is 0 Å². The Balaban J connectivity index is 0. The maximum Gasteiger partial charge on any atom is 5.00 e. The summed E-state index contributed by atoms with van der Waals surface area (Å²) < 4.78 is 0. The van der Waals surface area contributed by atoms with Crippen LogP contribution < -0.4 is 0 Å². The Kier molecular flexibility index (Phi) is 260. The Morgan fingerprint density at radius 1 is 0.750 bits per heavy atom. The van der Waals surface area contributed by atoms with Crippen LogP contribution in [0, 0.1) is 0 Å². The fourth-order valence-corrected chi connectivity index (χ4v) is 0. The van der Waals surface area contributed by atoms with Crippen LogP contribution in [0.1, 0.15) is 0 Å². The molecule has 0 atom stereocenters. The van der Waals surface area contributed by atoms with E-state index in [9.17, 15) is 0 Å². The van der Waals surface area contributed by atoms with Gasteiger partial charge in [-0.05, 0) is 0 Å². The van der Waals surface area contributed by atoms with E-state index in [-0.39, 0.29) is 59.0 Å². The van der Waals surface area contributed by atoms with Crippen molar-refractivity contribution < 1.29 is 18.6 Å². The zero-order valence-electron chi connectivity index (χ0n) is 1.67. The van der Waals surface area contributed by atoms with Gasteiger partial charge in [0, 0.05) is 0 Å². The number of rotatable bonds is 0. The minimum Gasteiger partial charge on any atom is -2.00 e. The SMILES string of the molecule is [S+2].[S-2].[S-2].[V+5]. The first-order valence-corrected chi connectivity index (χ1v) is 0. The molecule has 0 aromatic heterocycles. The van der Waals surface area contributed by atoms with Crippen LogP contribution in [0.15, 0.2) is 0 Å². The van der Waals surface area contributed by atoms with Crippen molar-refractivity contribution >= 4 is 40.5 Å². The van der Waals surface area contributed by atoms with Gasteiger partial charge >= 0.3 is 32.1 Å². The van der Waals surface area contributed by atoms with E-state index in [4.69, 9.17) is 0 Å². The fraction of sp³-hybridized carbons (Fsp3) is 0. The molecule has 0 aliphatic rings. The molecule has 0 aromatic carbocycles. The largest absolute Gasteiger partial charge is 5.00 e. The Hall–Kier alpha value is 1.63. The van der Waals surface area contributed by atoms with Gasteiger partial charge in [-0.25, -0.2) is 0 Å². The summed E-state index contributed by atoms with van der Waals surface area (Å²) in [6.07, 6.45) is 0. The first-order chi connectivity index (χ1) is 0. The molecule has 0 aliphatic heterocycles. The van der Waals surface area contributed by atoms with Crippen LogP contribution in [0.4, 0.5) is 0 Å². The van der Waals surface area contributed by atoms with Crippen molar-refractivity contribution in [2.24, 2.45) is 0 Å². The van der Waals surface area contributed by atoms with Crippen molar-refractivity contribution in [2.75, 3.05) is 0 Å². The minimum atomic E-state index is 0. The molecule has 20 valence electrons. The number of hydrogen-bond donors (Lipinski definition) is 0. The van der Waals surface area contributed by atoms with E-state index in [1.165, 1.54) is 0 Å². The van der Waals surface area contributed by atoms with E-state index in [0.717, 1.165) is 0 Å². The second kappa shape index (κ2) is 22.9. The molecule has 0 heterocycles.